The van der Waals surface area contributed by atoms with Crippen molar-refractivity contribution in [3.05, 3.63) is 51.3 Å². The predicted molar refractivity (Wildman–Crippen MR) is 89.1 cm³/mol. The van der Waals surface area contributed by atoms with E-state index in [1.54, 1.807) is 23.5 Å². The molecule has 3 nitrogen and oxygen atoms in total. The zero-order valence-electron chi connectivity index (χ0n) is 11.3. The van der Waals surface area contributed by atoms with Crippen LogP contribution < -0.4 is 0 Å². The van der Waals surface area contributed by atoms with Crippen molar-refractivity contribution in [1.82, 2.24) is 4.98 Å². The van der Waals surface area contributed by atoms with Crippen molar-refractivity contribution < 1.29 is 9.90 Å². The standard InChI is InChI=1S/C16H12BrNO2S/c1-2-10-4-6-15(21-10)14-8-12(16(19)20)11-7-9(17)3-5-13(11)18-14/h3-8H,2H2,1H3,(H,19,20). The number of benzene rings is 1. The van der Waals surface area contributed by atoms with Crippen molar-refractivity contribution in [2.75, 3.05) is 0 Å². The number of aromatic carboxylic acids is 1. The van der Waals surface area contributed by atoms with Crippen molar-refractivity contribution in [1.29, 1.82) is 0 Å². The Morgan fingerprint density at radius 3 is 2.76 bits per heavy atom. The smallest absolute Gasteiger partial charge is 0.336 e. The lowest BCUT2D eigenvalue weighted by molar-refractivity contribution is 0.0699. The van der Waals surface area contributed by atoms with E-state index in [4.69, 9.17) is 0 Å². The molecule has 2 heterocycles. The molecule has 0 radical (unpaired) electrons. The van der Waals surface area contributed by atoms with E-state index in [0.717, 1.165) is 15.8 Å². The zero-order chi connectivity index (χ0) is 15.0. The van der Waals surface area contributed by atoms with E-state index in [2.05, 4.69) is 33.9 Å². The van der Waals surface area contributed by atoms with E-state index in [0.29, 0.717) is 16.6 Å². The first-order valence-electron chi connectivity index (χ1n) is 6.51. The van der Waals surface area contributed by atoms with Gasteiger partial charge < -0.3 is 5.11 Å². The number of fused-ring (bicyclic) bond motifs is 1. The van der Waals surface area contributed by atoms with E-state index in [1.165, 1.54) is 4.88 Å². The fraction of sp³-hybridized carbons (Fsp3) is 0.125. The summed E-state index contributed by atoms with van der Waals surface area (Å²) in [6.45, 7) is 2.10. The van der Waals surface area contributed by atoms with Crippen LogP contribution in [0.4, 0.5) is 0 Å². The summed E-state index contributed by atoms with van der Waals surface area (Å²) in [5, 5.41) is 10.1. The first-order valence-corrected chi connectivity index (χ1v) is 8.12. The first kappa shape index (κ1) is 14.2. The van der Waals surface area contributed by atoms with Crippen molar-refractivity contribution in [3.8, 4) is 10.6 Å². The van der Waals surface area contributed by atoms with Gasteiger partial charge in [-0.2, -0.15) is 0 Å². The molecule has 0 bridgehead atoms. The Hall–Kier alpha value is -1.72. The van der Waals surface area contributed by atoms with Crippen LogP contribution in [-0.2, 0) is 6.42 Å². The zero-order valence-corrected chi connectivity index (χ0v) is 13.7. The quantitative estimate of drug-likeness (QED) is 0.714. The van der Waals surface area contributed by atoms with E-state index in [-0.39, 0.29) is 5.56 Å². The Kier molecular flexibility index (Phi) is 3.78. The van der Waals surface area contributed by atoms with E-state index >= 15 is 0 Å². The predicted octanol–water partition coefficient (Wildman–Crippen LogP) is 4.99. The molecule has 106 valence electrons. The van der Waals surface area contributed by atoms with Crippen LogP contribution in [0.25, 0.3) is 21.5 Å². The number of nitrogens with zero attached hydrogens (tertiary/aromatic N) is 1. The SMILES string of the molecule is CCc1ccc(-c2cc(C(=O)O)c3cc(Br)ccc3n2)s1. The Balaban J connectivity index is 2.25. The number of aromatic nitrogens is 1. The Labute approximate surface area is 134 Å². The lowest BCUT2D eigenvalue weighted by Gasteiger charge is -2.06. The van der Waals surface area contributed by atoms with Crippen LogP contribution in [0.3, 0.4) is 0 Å². The monoisotopic (exact) mass is 361 g/mol. The van der Waals surface area contributed by atoms with Gasteiger partial charge in [-0.3, -0.25) is 0 Å². The molecule has 0 atom stereocenters. The van der Waals surface area contributed by atoms with Gasteiger partial charge in [0.15, 0.2) is 0 Å². The highest BCUT2D eigenvalue weighted by Gasteiger charge is 2.14. The molecule has 1 N–H and O–H groups in total. The van der Waals surface area contributed by atoms with Gasteiger partial charge in [0.1, 0.15) is 0 Å². The molecule has 0 amide bonds. The summed E-state index contributed by atoms with van der Waals surface area (Å²) in [5.41, 5.74) is 1.69. The third kappa shape index (κ3) is 2.71. The molecule has 0 aliphatic carbocycles. The molecule has 2 aromatic heterocycles. The number of carbonyl (C=O) groups is 1. The second-order valence-electron chi connectivity index (χ2n) is 4.64. The highest BCUT2D eigenvalue weighted by molar-refractivity contribution is 9.10. The van der Waals surface area contributed by atoms with Crippen molar-refractivity contribution >= 4 is 44.1 Å². The summed E-state index contributed by atoms with van der Waals surface area (Å²) in [6, 6.07) is 11.2. The van der Waals surface area contributed by atoms with Crippen LogP contribution in [0.1, 0.15) is 22.2 Å². The molecule has 0 saturated heterocycles. The minimum absolute atomic E-state index is 0.280. The minimum atomic E-state index is -0.936. The van der Waals surface area contributed by atoms with Gasteiger partial charge in [-0.15, -0.1) is 11.3 Å². The fourth-order valence-electron chi connectivity index (χ4n) is 2.21. The topological polar surface area (TPSA) is 50.2 Å². The molecule has 0 unspecified atom stereocenters. The van der Waals surface area contributed by atoms with Gasteiger partial charge >= 0.3 is 5.97 Å². The molecule has 0 fully saturated rings. The summed E-state index contributed by atoms with van der Waals surface area (Å²) < 4.78 is 0.844. The van der Waals surface area contributed by atoms with Gasteiger partial charge in [-0.25, -0.2) is 9.78 Å². The van der Waals surface area contributed by atoms with Gasteiger partial charge in [0.2, 0.25) is 0 Å². The molecular formula is C16H12BrNO2S. The molecule has 5 heteroatoms. The first-order chi connectivity index (χ1) is 10.1. The molecule has 0 aliphatic rings. The van der Waals surface area contributed by atoms with E-state index < -0.39 is 5.97 Å². The highest BCUT2D eigenvalue weighted by atomic mass is 79.9. The van der Waals surface area contributed by atoms with Crippen molar-refractivity contribution in [2.24, 2.45) is 0 Å². The van der Waals surface area contributed by atoms with Crippen LogP contribution in [0.2, 0.25) is 0 Å². The molecule has 0 aliphatic heterocycles. The van der Waals surface area contributed by atoms with Crippen LogP contribution in [-0.4, -0.2) is 16.1 Å². The maximum absolute atomic E-state index is 11.5. The molecule has 3 rings (SSSR count). The van der Waals surface area contributed by atoms with Gasteiger partial charge in [-0.05, 0) is 42.8 Å². The van der Waals surface area contributed by atoms with Gasteiger partial charge in [0.05, 0.1) is 21.7 Å². The normalized spacial score (nSPS) is 11.0. The maximum atomic E-state index is 11.5. The number of halogens is 1. The Bertz CT molecular complexity index is 841. The highest BCUT2D eigenvalue weighted by Crippen LogP contribution is 2.31. The molecule has 0 saturated carbocycles. The number of thiophene rings is 1. The van der Waals surface area contributed by atoms with Gasteiger partial charge in [-0.1, -0.05) is 22.9 Å². The second-order valence-corrected chi connectivity index (χ2v) is 6.73. The molecular weight excluding hydrogens is 350 g/mol. The van der Waals surface area contributed by atoms with E-state index in [1.807, 2.05) is 18.2 Å². The average Bonchev–Trinajstić information content (AvgIpc) is 2.95. The molecule has 1 aromatic carbocycles. The lowest BCUT2D eigenvalue weighted by atomic mass is 10.1. The Morgan fingerprint density at radius 1 is 1.29 bits per heavy atom. The number of hydrogen-bond acceptors (Lipinski definition) is 3. The third-order valence-electron chi connectivity index (χ3n) is 3.26. The molecule has 3 aromatic rings. The summed E-state index contributed by atoms with van der Waals surface area (Å²) in [7, 11) is 0. The number of pyridine rings is 1. The average molecular weight is 362 g/mol. The molecule has 21 heavy (non-hydrogen) atoms. The number of hydrogen-bond donors (Lipinski definition) is 1. The fourth-order valence-corrected chi connectivity index (χ4v) is 3.48. The van der Waals surface area contributed by atoms with Gasteiger partial charge in [0, 0.05) is 14.7 Å². The van der Waals surface area contributed by atoms with Crippen molar-refractivity contribution in [2.45, 2.75) is 13.3 Å². The number of aryl methyl sites for hydroxylation is 1. The van der Waals surface area contributed by atoms with Crippen molar-refractivity contribution in [3.63, 3.8) is 0 Å². The maximum Gasteiger partial charge on any atom is 0.336 e. The second kappa shape index (κ2) is 5.58. The third-order valence-corrected chi connectivity index (χ3v) is 5.01. The largest absolute Gasteiger partial charge is 0.478 e. The number of rotatable bonds is 3. The summed E-state index contributed by atoms with van der Waals surface area (Å²) >= 11 is 5.03. The van der Waals surface area contributed by atoms with Crippen LogP contribution >= 0.6 is 27.3 Å². The Morgan fingerprint density at radius 2 is 2.10 bits per heavy atom. The van der Waals surface area contributed by atoms with Crippen LogP contribution in [0.5, 0.6) is 0 Å². The molecule has 0 spiro atoms. The summed E-state index contributed by atoms with van der Waals surface area (Å²) in [6.07, 6.45) is 0.969. The number of carboxylic acid groups (broad SMARTS) is 1. The van der Waals surface area contributed by atoms with E-state index in [9.17, 15) is 9.90 Å². The van der Waals surface area contributed by atoms with Crippen LogP contribution in [0.15, 0.2) is 40.9 Å². The summed E-state index contributed by atoms with van der Waals surface area (Å²) in [4.78, 5) is 18.4. The minimum Gasteiger partial charge on any atom is -0.478 e. The summed E-state index contributed by atoms with van der Waals surface area (Å²) in [5.74, 6) is -0.936. The van der Waals surface area contributed by atoms with Crippen LogP contribution in [0, 0.1) is 0 Å². The number of carboxylic acids is 1. The van der Waals surface area contributed by atoms with Gasteiger partial charge in [0.25, 0.3) is 0 Å². The lowest BCUT2D eigenvalue weighted by Crippen LogP contribution is -2.00.